The van der Waals surface area contributed by atoms with Crippen LogP contribution in [0.25, 0.3) is 0 Å². The van der Waals surface area contributed by atoms with E-state index in [1.54, 1.807) is 12.1 Å². The molecule has 4 heteroatoms. The summed E-state index contributed by atoms with van der Waals surface area (Å²) in [6, 6.07) is 10.6. The van der Waals surface area contributed by atoms with Crippen LogP contribution in [-0.2, 0) is 0 Å². The van der Waals surface area contributed by atoms with Crippen molar-refractivity contribution in [3.05, 3.63) is 70.8 Å². The Balaban J connectivity index is 2.33. The van der Waals surface area contributed by atoms with Crippen molar-refractivity contribution in [3.8, 4) is 0 Å². The molecule has 2 aromatic rings. The van der Waals surface area contributed by atoms with Crippen molar-refractivity contribution in [2.45, 2.75) is 18.9 Å². The second kappa shape index (κ2) is 6.11. The first kappa shape index (κ1) is 14.6. The van der Waals surface area contributed by atoms with E-state index in [0.29, 0.717) is 5.56 Å². The van der Waals surface area contributed by atoms with Gasteiger partial charge in [-0.25, -0.2) is 8.78 Å². The molecule has 0 fully saturated rings. The monoisotopic (exact) mass is 277 g/mol. The maximum Gasteiger partial charge on any atom is 0.129 e. The number of aryl methyl sites for hydroxylation is 1. The summed E-state index contributed by atoms with van der Waals surface area (Å²) < 4.78 is 26.8. The Morgan fingerprint density at radius 1 is 1.10 bits per heavy atom. The van der Waals surface area contributed by atoms with Crippen molar-refractivity contribution in [3.63, 3.8) is 0 Å². The molecule has 2 nitrogen and oxygen atoms in total. The van der Waals surface area contributed by atoms with Crippen LogP contribution in [0.4, 0.5) is 8.78 Å². The Morgan fingerprint density at radius 3 is 2.30 bits per heavy atom. The van der Waals surface area contributed by atoms with Crippen LogP contribution < -0.4 is 5.73 Å². The van der Waals surface area contributed by atoms with Crippen molar-refractivity contribution in [1.82, 2.24) is 0 Å². The molecule has 106 valence electrons. The smallest absolute Gasteiger partial charge is 0.129 e. The molecule has 2 atom stereocenters. The molecule has 0 aliphatic heterocycles. The number of nitrogens with two attached hydrogens (primary N) is 1. The minimum absolute atomic E-state index is 0.0671. The van der Waals surface area contributed by atoms with Gasteiger partial charge in [0.05, 0.1) is 6.10 Å². The number of aliphatic hydroxyl groups excluding tert-OH is 1. The third kappa shape index (κ3) is 3.03. The molecule has 0 bridgehead atoms. The highest BCUT2D eigenvalue weighted by Crippen LogP contribution is 2.32. The van der Waals surface area contributed by atoms with Gasteiger partial charge in [0.25, 0.3) is 0 Å². The van der Waals surface area contributed by atoms with Gasteiger partial charge in [-0.15, -0.1) is 0 Å². The second-order valence-electron chi connectivity index (χ2n) is 4.86. The maximum atomic E-state index is 13.8. The van der Waals surface area contributed by atoms with Gasteiger partial charge in [0.15, 0.2) is 0 Å². The molecule has 0 saturated heterocycles. The fourth-order valence-corrected chi connectivity index (χ4v) is 2.22. The van der Waals surface area contributed by atoms with Gasteiger partial charge in [0, 0.05) is 18.5 Å². The predicted molar refractivity (Wildman–Crippen MR) is 74.3 cm³/mol. The van der Waals surface area contributed by atoms with Gasteiger partial charge in [0.1, 0.15) is 11.6 Å². The summed E-state index contributed by atoms with van der Waals surface area (Å²) in [5.74, 6) is -1.95. The molecule has 0 amide bonds. The average Bonchev–Trinajstić information content (AvgIpc) is 2.42. The van der Waals surface area contributed by atoms with Crippen LogP contribution in [0, 0.1) is 18.6 Å². The summed E-state index contributed by atoms with van der Waals surface area (Å²) in [5, 5.41) is 10.4. The first-order chi connectivity index (χ1) is 9.52. The number of benzene rings is 2. The lowest BCUT2D eigenvalue weighted by atomic mass is 9.88. The molecule has 0 radical (unpaired) electrons. The molecule has 0 heterocycles. The molecular formula is C16H17F2NO. The van der Waals surface area contributed by atoms with Gasteiger partial charge in [0.2, 0.25) is 0 Å². The molecule has 0 saturated carbocycles. The second-order valence-corrected chi connectivity index (χ2v) is 4.86. The minimum atomic E-state index is -0.930. The third-order valence-corrected chi connectivity index (χ3v) is 3.42. The van der Waals surface area contributed by atoms with E-state index in [-0.39, 0.29) is 12.1 Å². The van der Waals surface area contributed by atoms with Crippen LogP contribution in [-0.4, -0.2) is 11.7 Å². The van der Waals surface area contributed by atoms with Gasteiger partial charge < -0.3 is 10.8 Å². The van der Waals surface area contributed by atoms with Crippen LogP contribution in [0.5, 0.6) is 0 Å². The highest BCUT2D eigenvalue weighted by molar-refractivity contribution is 5.30. The van der Waals surface area contributed by atoms with E-state index in [0.717, 1.165) is 11.6 Å². The van der Waals surface area contributed by atoms with Crippen LogP contribution in [0.1, 0.15) is 28.7 Å². The minimum Gasteiger partial charge on any atom is -0.388 e. The Labute approximate surface area is 116 Å². The van der Waals surface area contributed by atoms with Crippen molar-refractivity contribution >= 4 is 0 Å². The van der Waals surface area contributed by atoms with Gasteiger partial charge in [-0.2, -0.15) is 0 Å². The SMILES string of the molecule is Cc1ccc(C(O)C(CN)c2ccc(F)cc2F)cc1. The van der Waals surface area contributed by atoms with Crippen molar-refractivity contribution in [2.24, 2.45) is 5.73 Å². The maximum absolute atomic E-state index is 13.8. The van der Waals surface area contributed by atoms with Crippen LogP contribution in [0.2, 0.25) is 0 Å². The summed E-state index contributed by atoms with van der Waals surface area (Å²) in [4.78, 5) is 0. The lowest BCUT2D eigenvalue weighted by Gasteiger charge is -2.23. The molecule has 2 unspecified atom stereocenters. The zero-order valence-electron chi connectivity index (χ0n) is 11.2. The highest BCUT2D eigenvalue weighted by atomic mass is 19.1. The van der Waals surface area contributed by atoms with Crippen LogP contribution >= 0.6 is 0 Å². The van der Waals surface area contributed by atoms with E-state index in [9.17, 15) is 13.9 Å². The van der Waals surface area contributed by atoms with E-state index in [1.807, 2.05) is 19.1 Å². The molecule has 0 aromatic heterocycles. The normalized spacial score (nSPS) is 14.1. The van der Waals surface area contributed by atoms with Crippen molar-refractivity contribution in [2.75, 3.05) is 6.54 Å². The van der Waals surface area contributed by atoms with E-state index in [2.05, 4.69) is 0 Å². The first-order valence-corrected chi connectivity index (χ1v) is 6.42. The Morgan fingerprint density at radius 2 is 1.75 bits per heavy atom. The molecule has 20 heavy (non-hydrogen) atoms. The van der Waals surface area contributed by atoms with Gasteiger partial charge in [-0.3, -0.25) is 0 Å². The summed E-state index contributed by atoms with van der Waals surface area (Å²) in [5.41, 5.74) is 7.61. The molecule has 0 aliphatic carbocycles. The van der Waals surface area contributed by atoms with Crippen LogP contribution in [0.15, 0.2) is 42.5 Å². The van der Waals surface area contributed by atoms with E-state index >= 15 is 0 Å². The quantitative estimate of drug-likeness (QED) is 0.902. The largest absolute Gasteiger partial charge is 0.388 e. The number of hydrogen-bond donors (Lipinski definition) is 2. The number of aliphatic hydroxyl groups is 1. The van der Waals surface area contributed by atoms with E-state index in [1.165, 1.54) is 12.1 Å². The van der Waals surface area contributed by atoms with Crippen molar-refractivity contribution in [1.29, 1.82) is 0 Å². The Bertz CT molecular complexity index is 584. The Hall–Kier alpha value is -1.78. The number of rotatable bonds is 4. The number of hydrogen-bond acceptors (Lipinski definition) is 2. The fraction of sp³-hybridized carbons (Fsp3) is 0.250. The zero-order chi connectivity index (χ0) is 14.7. The highest BCUT2D eigenvalue weighted by Gasteiger charge is 2.24. The zero-order valence-corrected chi connectivity index (χ0v) is 11.2. The Kier molecular flexibility index (Phi) is 4.47. The van der Waals surface area contributed by atoms with Gasteiger partial charge in [-0.1, -0.05) is 35.9 Å². The molecule has 0 spiro atoms. The fourth-order valence-electron chi connectivity index (χ4n) is 2.22. The number of halogens is 2. The molecule has 0 aliphatic rings. The van der Waals surface area contributed by atoms with Gasteiger partial charge >= 0.3 is 0 Å². The predicted octanol–water partition coefficient (Wildman–Crippen LogP) is 3.05. The topological polar surface area (TPSA) is 46.2 Å². The standard InChI is InChI=1S/C16H17F2NO/c1-10-2-4-11(5-3-10)16(20)14(9-19)13-7-6-12(17)8-15(13)18/h2-8,14,16,20H,9,19H2,1H3. The summed E-state index contributed by atoms with van der Waals surface area (Å²) in [7, 11) is 0. The van der Waals surface area contributed by atoms with Crippen LogP contribution in [0.3, 0.4) is 0 Å². The average molecular weight is 277 g/mol. The lowest BCUT2D eigenvalue weighted by Crippen LogP contribution is -2.21. The molecule has 2 aromatic carbocycles. The van der Waals surface area contributed by atoms with Crippen molar-refractivity contribution < 1.29 is 13.9 Å². The van der Waals surface area contributed by atoms with E-state index < -0.39 is 23.7 Å². The summed E-state index contributed by atoms with van der Waals surface area (Å²) in [6.45, 7) is 2.01. The summed E-state index contributed by atoms with van der Waals surface area (Å²) >= 11 is 0. The lowest BCUT2D eigenvalue weighted by molar-refractivity contribution is 0.145. The molecule has 3 N–H and O–H groups in total. The van der Waals surface area contributed by atoms with Gasteiger partial charge in [-0.05, 0) is 24.1 Å². The third-order valence-electron chi connectivity index (χ3n) is 3.42. The first-order valence-electron chi connectivity index (χ1n) is 6.42. The molecular weight excluding hydrogens is 260 g/mol. The summed E-state index contributed by atoms with van der Waals surface area (Å²) in [6.07, 6.45) is -0.930. The molecule has 2 rings (SSSR count). The van der Waals surface area contributed by atoms with E-state index in [4.69, 9.17) is 5.73 Å².